The molecule has 0 amide bonds. The van der Waals surface area contributed by atoms with Gasteiger partial charge >= 0.3 is 0 Å². The van der Waals surface area contributed by atoms with E-state index in [0.29, 0.717) is 0 Å². The van der Waals surface area contributed by atoms with Crippen molar-refractivity contribution in [1.82, 2.24) is 0 Å². The first-order valence-electron chi connectivity index (χ1n) is 12.3. The van der Waals surface area contributed by atoms with E-state index in [-0.39, 0.29) is 0 Å². The Bertz CT molecular complexity index is 687. The Balaban J connectivity index is 1.92. The summed E-state index contributed by atoms with van der Waals surface area (Å²) >= 11 is 0. The quantitative estimate of drug-likeness (QED) is 0.191. The number of benzene rings is 2. The molecule has 0 fully saturated rings. The van der Waals surface area contributed by atoms with Crippen LogP contribution in [0.25, 0.3) is 0 Å². The van der Waals surface area contributed by atoms with Crippen molar-refractivity contribution in [3.05, 3.63) is 59.7 Å². The molecule has 0 saturated heterocycles. The van der Waals surface area contributed by atoms with E-state index in [1.54, 1.807) is 30.7 Å². The molecule has 0 aliphatic carbocycles. The third kappa shape index (κ3) is 11.3. The standard InChI is InChI=1S/C28H43O2P/c1-29-23-14-7-3-5-10-17-25-18-16-22-28(31-26-19-11-9-12-20-26)27(25)21-13-6-4-8-15-24-30-2/h9,11-12,16,18-20,22,31H,3-8,10,13-15,17,21,23-24H2,1-2H3. The van der Waals surface area contributed by atoms with Crippen molar-refractivity contribution >= 4 is 19.2 Å². The van der Waals surface area contributed by atoms with Crippen LogP contribution in [0.1, 0.15) is 75.3 Å². The molecule has 0 aromatic heterocycles. The van der Waals surface area contributed by atoms with Crippen LogP contribution in [-0.2, 0) is 22.3 Å². The van der Waals surface area contributed by atoms with Gasteiger partial charge in [0, 0.05) is 27.4 Å². The molecule has 1 unspecified atom stereocenters. The number of methoxy groups -OCH3 is 2. The minimum absolute atomic E-state index is 0.759. The van der Waals surface area contributed by atoms with Gasteiger partial charge in [0.15, 0.2) is 0 Å². The summed E-state index contributed by atoms with van der Waals surface area (Å²) in [5.74, 6) is 0. The van der Waals surface area contributed by atoms with Gasteiger partial charge in [-0.1, -0.05) is 95.6 Å². The van der Waals surface area contributed by atoms with Crippen molar-refractivity contribution in [2.45, 2.75) is 77.0 Å². The molecule has 0 bridgehead atoms. The number of unbranched alkanes of at least 4 members (excludes halogenated alkanes) is 8. The highest BCUT2D eigenvalue weighted by Crippen LogP contribution is 2.22. The molecule has 1 atom stereocenters. The van der Waals surface area contributed by atoms with Gasteiger partial charge in [-0.3, -0.25) is 0 Å². The van der Waals surface area contributed by atoms with Gasteiger partial charge in [0.1, 0.15) is 0 Å². The zero-order chi connectivity index (χ0) is 22.0. The van der Waals surface area contributed by atoms with Gasteiger partial charge in [0.2, 0.25) is 0 Å². The fourth-order valence-electron chi connectivity index (χ4n) is 4.13. The zero-order valence-corrected chi connectivity index (χ0v) is 20.8. The number of hydrogen-bond donors (Lipinski definition) is 0. The smallest absolute Gasteiger partial charge is 0.0462 e. The first-order chi connectivity index (χ1) is 15.3. The lowest BCUT2D eigenvalue weighted by molar-refractivity contribution is 0.192. The number of ether oxygens (including phenoxy) is 2. The number of aryl methyl sites for hydroxylation is 1. The maximum absolute atomic E-state index is 5.17. The summed E-state index contributed by atoms with van der Waals surface area (Å²) in [5, 5.41) is 3.00. The monoisotopic (exact) mass is 442 g/mol. The average molecular weight is 443 g/mol. The second-order valence-corrected chi connectivity index (χ2v) is 9.82. The Morgan fingerprint density at radius 1 is 0.581 bits per heavy atom. The largest absolute Gasteiger partial charge is 0.385 e. The Labute approximate surface area is 192 Å². The van der Waals surface area contributed by atoms with Crippen LogP contribution in [0.5, 0.6) is 0 Å². The van der Waals surface area contributed by atoms with E-state index >= 15 is 0 Å². The summed E-state index contributed by atoms with van der Waals surface area (Å²) in [6, 6.07) is 18.0. The van der Waals surface area contributed by atoms with Crippen molar-refractivity contribution in [2.24, 2.45) is 0 Å². The lowest BCUT2D eigenvalue weighted by atomic mass is 9.96. The Morgan fingerprint density at radius 3 is 1.81 bits per heavy atom. The van der Waals surface area contributed by atoms with Gasteiger partial charge < -0.3 is 9.47 Å². The van der Waals surface area contributed by atoms with E-state index in [4.69, 9.17) is 9.47 Å². The molecule has 0 spiro atoms. The van der Waals surface area contributed by atoms with Gasteiger partial charge in [-0.15, -0.1) is 0 Å². The molecule has 3 heteroatoms. The van der Waals surface area contributed by atoms with E-state index in [1.807, 2.05) is 0 Å². The second kappa shape index (κ2) is 17.4. The van der Waals surface area contributed by atoms with Crippen LogP contribution in [0, 0.1) is 0 Å². The predicted molar refractivity (Wildman–Crippen MR) is 138 cm³/mol. The lowest BCUT2D eigenvalue weighted by Crippen LogP contribution is -2.12. The highest BCUT2D eigenvalue weighted by molar-refractivity contribution is 7.55. The Kier molecular flexibility index (Phi) is 14.6. The maximum atomic E-state index is 5.17. The molecule has 0 N–H and O–H groups in total. The molecular formula is C28H43O2P. The minimum Gasteiger partial charge on any atom is -0.385 e. The highest BCUT2D eigenvalue weighted by atomic mass is 31.1. The second-order valence-electron chi connectivity index (χ2n) is 8.46. The summed E-state index contributed by atoms with van der Waals surface area (Å²) in [6.45, 7) is 1.80. The number of rotatable bonds is 18. The molecule has 31 heavy (non-hydrogen) atoms. The van der Waals surface area contributed by atoms with Gasteiger partial charge in [-0.25, -0.2) is 0 Å². The topological polar surface area (TPSA) is 18.5 Å². The van der Waals surface area contributed by atoms with Crippen LogP contribution in [0.4, 0.5) is 0 Å². The molecule has 2 aromatic carbocycles. The van der Waals surface area contributed by atoms with Crippen LogP contribution in [0.3, 0.4) is 0 Å². The minimum atomic E-state index is 0.759. The first-order valence-corrected chi connectivity index (χ1v) is 13.3. The SMILES string of the molecule is COCCCCCCCc1cccc(Pc2ccccc2)c1CCCCCCCOC. The fourth-order valence-corrected chi connectivity index (χ4v) is 5.42. The van der Waals surface area contributed by atoms with Gasteiger partial charge in [-0.2, -0.15) is 0 Å². The van der Waals surface area contributed by atoms with E-state index in [2.05, 4.69) is 48.5 Å². The third-order valence-corrected chi connectivity index (χ3v) is 7.26. The van der Waals surface area contributed by atoms with E-state index in [0.717, 1.165) is 21.8 Å². The normalized spacial score (nSPS) is 11.5. The van der Waals surface area contributed by atoms with E-state index in [9.17, 15) is 0 Å². The lowest BCUT2D eigenvalue weighted by Gasteiger charge is -2.16. The van der Waals surface area contributed by atoms with E-state index < -0.39 is 0 Å². The van der Waals surface area contributed by atoms with E-state index in [1.165, 1.54) is 82.4 Å². The Morgan fingerprint density at radius 2 is 1.16 bits per heavy atom. The van der Waals surface area contributed by atoms with Crippen LogP contribution >= 0.6 is 8.58 Å². The fraction of sp³-hybridized carbons (Fsp3) is 0.571. The molecule has 0 aliphatic heterocycles. The molecule has 0 saturated carbocycles. The predicted octanol–water partition coefficient (Wildman–Crippen LogP) is 6.59. The molecule has 0 heterocycles. The molecule has 0 aliphatic rings. The maximum Gasteiger partial charge on any atom is 0.0462 e. The summed E-state index contributed by atoms with van der Waals surface area (Å²) in [7, 11) is 4.35. The molecule has 0 radical (unpaired) electrons. The number of hydrogen-bond acceptors (Lipinski definition) is 2. The van der Waals surface area contributed by atoms with Gasteiger partial charge in [0.25, 0.3) is 0 Å². The van der Waals surface area contributed by atoms with Crippen LogP contribution in [-0.4, -0.2) is 27.4 Å². The Hall–Kier alpha value is -1.21. The van der Waals surface area contributed by atoms with Gasteiger partial charge in [0.05, 0.1) is 0 Å². The zero-order valence-electron chi connectivity index (χ0n) is 19.8. The van der Waals surface area contributed by atoms with Crippen molar-refractivity contribution in [3.63, 3.8) is 0 Å². The van der Waals surface area contributed by atoms with Gasteiger partial charge in [-0.05, 0) is 60.3 Å². The van der Waals surface area contributed by atoms with Crippen LogP contribution in [0.15, 0.2) is 48.5 Å². The summed E-state index contributed by atoms with van der Waals surface area (Å²) in [4.78, 5) is 0. The summed E-state index contributed by atoms with van der Waals surface area (Å²) in [6.07, 6.45) is 15.3. The van der Waals surface area contributed by atoms with Crippen molar-refractivity contribution in [1.29, 1.82) is 0 Å². The summed E-state index contributed by atoms with van der Waals surface area (Å²) < 4.78 is 10.3. The van der Waals surface area contributed by atoms with Crippen molar-refractivity contribution < 1.29 is 9.47 Å². The molecule has 2 aromatic rings. The van der Waals surface area contributed by atoms with Crippen LogP contribution in [0.2, 0.25) is 0 Å². The molecule has 172 valence electrons. The average Bonchev–Trinajstić information content (AvgIpc) is 2.80. The first kappa shape index (κ1) is 26.0. The molecular weight excluding hydrogens is 399 g/mol. The molecule has 2 rings (SSSR count). The van der Waals surface area contributed by atoms with Crippen LogP contribution < -0.4 is 10.6 Å². The summed E-state index contributed by atoms with van der Waals surface area (Å²) in [5.41, 5.74) is 3.23. The highest BCUT2D eigenvalue weighted by Gasteiger charge is 2.09. The molecule has 2 nitrogen and oxygen atoms in total. The van der Waals surface area contributed by atoms with Crippen molar-refractivity contribution in [2.75, 3.05) is 27.4 Å². The van der Waals surface area contributed by atoms with Crippen molar-refractivity contribution in [3.8, 4) is 0 Å². The third-order valence-electron chi connectivity index (χ3n) is 5.90.